The van der Waals surface area contributed by atoms with E-state index >= 15 is 0 Å². The zero-order chi connectivity index (χ0) is 15.6. The van der Waals surface area contributed by atoms with Crippen LogP contribution in [0.5, 0.6) is 0 Å². The van der Waals surface area contributed by atoms with Crippen molar-refractivity contribution in [3.63, 3.8) is 0 Å². The molecule has 0 saturated carbocycles. The van der Waals surface area contributed by atoms with E-state index in [1.165, 1.54) is 0 Å². The van der Waals surface area contributed by atoms with E-state index in [0.717, 1.165) is 0 Å². The van der Waals surface area contributed by atoms with Crippen molar-refractivity contribution in [1.29, 1.82) is 0 Å². The molecule has 0 rings (SSSR count). The summed E-state index contributed by atoms with van der Waals surface area (Å²) in [5.74, 6) is -0.717. The first-order valence-electron chi connectivity index (χ1n) is 6.59. The number of carbonyl (C=O) groups is 3. The highest BCUT2D eigenvalue weighted by atomic mass is 16.8. The fraction of sp³-hybridized carbons (Fsp3) is 0.769. The molecule has 0 radical (unpaired) electrons. The van der Waals surface area contributed by atoms with E-state index in [1.54, 1.807) is 0 Å². The lowest BCUT2D eigenvalue weighted by Gasteiger charge is -2.27. The number of likely N-dealkylation sites (N-methyl/N-ethyl adjacent to an activating group) is 1. The molecule has 0 heterocycles. The number of carbonyl (C=O) groups excluding carboxylic acids is 3. The quantitative estimate of drug-likeness (QED) is 0.260. The van der Waals surface area contributed by atoms with Crippen LogP contribution in [0.2, 0.25) is 0 Å². The normalized spacial score (nSPS) is 12.8. The summed E-state index contributed by atoms with van der Waals surface area (Å²) >= 11 is 0. The molecular weight excluding hydrogens is 264 g/mol. The molecule has 0 bridgehead atoms. The molecule has 0 aliphatic rings. The summed E-state index contributed by atoms with van der Waals surface area (Å²) < 4.78 is 5.59. The Hall–Kier alpha value is -1.31. The van der Waals surface area contributed by atoms with Crippen molar-refractivity contribution >= 4 is 18.0 Å². The summed E-state index contributed by atoms with van der Waals surface area (Å²) in [4.78, 5) is 37.7. The van der Waals surface area contributed by atoms with E-state index in [1.807, 2.05) is 27.7 Å². The zero-order valence-electron chi connectivity index (χ0n) is 12.5. The van der Waals surface area contributed by atoms with Gasteiger partial charge < -0.3 is 10.1 Å². The third-order valence-electron chi connectivity index (χ3n) is 2.06. The molecule has 20 heavy (non-hydrogen) atoms. The van der Waals surface area contributed by atoms with Crippen LogP contribution in [-0.4, -0.2) is 43.0 Å². The molecule has 1 amide bonds. The summed E-state index contributed by atoms with van der Waals surface area (Å²) in [5.41, 5.74) is 2.03. The molecule has 0 fully saturated rings. The highest BCUT2D eigenvalue weighted by Crippen LogP contribution is 2.14. The molecule has 0 aromatic heterocycles. The smallest absolute Gasteiger partial charge is 0.236 e. The topological polar surface area (TPSA) is 93.7 Å². The van der Waals surface area contributed by atoms with Gasteiger partial charge >= 0.3 is 0 Å². The second-order valence-corrected chi connectivity index (χ2v) is 5.18. The van der Waals surface area contributed by atoms with Crippen LogP contribution in [-0.2, 0) is 24.0 Å². The third-order valence-corrected chi connectivity index (χ3v) is 2.06. The van der Waals surface area contributed by atoms with Crippen molar-refractivity contribution in [2.45, 2.75) is 52.4 Å². The minimum atomic E-state index is -0.715. The Bertz CT molecular complexity index is 325. The van der Waals surface area contributed by atoms with Gasteiger partial charge in [0.1, 0.15) is 6.54 Å². The summed E-state index contributed by atoms with van der Waals surface area (Å²) in [5, 5.41) is 2.60. The molecule has 0 aliphatic heterocycles. The van der Waals surface area contributed by atoms with Crippen LogP contribution in [0.3, 0.4) is 0 Å². The first-order chi connectivity index (χ1) is 9.28. The monoisotopic (exact) mass is 288 g/mol. The summed E-state index contributed by atoms with van der Waals surface area (Å²) in [7, 11) is 0. The van der Waals surface area contributed by atoms with Gasteiger partial charge in [-0.1, -0.05) is 0 Å². The molecule has 116 valence electrons. The molecular formula is C13H24N2O5. The molecule has 2 N–H and O–H groups in total. The first-order valence-corrected chi connectivity index (χ1v) is 6.59. The lowest BCUT2D eigenvalue weighted by atomic mass is 10.2. The van der Waals surface area contributed by atoms with Crippen molar-refractivity contribution in [3.8, 4) is 0 Å². The minimum absolute atomic E-state index is 0.0144. The highest BCUT2D eigenvalue weighted by molar-refractivity contribution is 6.24. The van der Waals surface area contributed by atoms with Crippen LogP contribution in [0.15, 0.2) is 0 Å². The van der Waals surface area contributed by atoms with E-state index in [0.29, 0.717) is 6.54 Å². The lowest BCUT2D eigenvalue weighted by Crippen LogP contribution is -2.38. The van der Waals surface area contributed by atoms with Crippen molar-refractivity contribution in [2.75, 3.05) is 13.1 Å². The number of nitrogens with one attached hydrogen (secondary N) is 2. The average Bonchev–Trinajstić information content (AvgIpc) is 2.34. The lowest BCUT2D eigenvalue weighted by molar-refractivity contribution is -0.225. The average molecular weight is 288 g/mol. The first kappa shape index (κ1) is 18.7. The SMILES string of the molecule is CCNC(=O)CNO[C@H](CCC(=O)C=O)OC(C)(C)C. The number of rotatable bonds is 10. The Morgan fingerprint density at radius 3 is 2.45 bits per heavy atom. The fourth-order valence-electron chi connectivity index (χ4n) is 1.32. The fourth-order valence-corrected chi connectivity index (χ4v) is 1.32. The van der Waals surface area contributed by atoms with Crippen LogP contribution in [0.1, 0.15) is 40.5 Å². The van der Waals surface area contributed by atoms with E-state index < -0.39 is 17.7 Å². The van der Waals surface area contributed by atoms with Gasteiger partial charge in [-0.2, -0.15) is 5.48 Å². The molecule has 0 saturated heterocycles. The number of aldehydes is 1. The Balaban J connectivity index is 4.20. The van der Waals surface area contributed by atoms with E-state index in [9.17, 15) is 14.4 Å². The Labute approximate surface area is 119 Å². The maximum Gasteiger partial charge on any atom is 0.236 e. The largest absolute Gasteiger partial charge is 0.355 e. The van der Waals surface area contributed by atoms with Crippen LogP contribution in [0, 0.1) is 0 Å². The number of amides is 1. The van der Waals surface area contributed by atoms with Crippen LogP contribution >= 0.6 is 0 Å². The second-order valence-electron chi connectivity index (χ2n) is 5.18. The van der Waals surface area contributed by atoms with Gasteiger partial charge in [0.05, 0.1) is 5.60 Å². The van der Waals surface area contributed by atoms with E-state index in [4.69, 9.17) is 9.57 Å². The number of ether oxygens (including phenoxy) is 1. The van der Waals surface area contributed by atoms with Crippen LogP contribution in [0.25, 0.3) is 0 Å². The Morgan fingerprint density at radius 2 is 1.95 bits per heavy atom. The molecule has 0 unspecified atom stereocenters. The molecule has 7 nitrogen and oxygen atoms in total. The Morgan fingerprint density at radius 1 is 1.30 bits per heavy atom. The summed E-state index contributed by atoms with van der Waals surface area (Å²) in [6.07, 6.45) is -0.172. The standard InChI is InChI=1S/C13H24N2O5/c1-5-14-11(18)8-15-20-12(19-13(2,3)4)7-6-10(17)9-16/h9,12,15H,5-8H2,1-4H3,(H,14,18)/t12-/m1/s1. The van der Waals surface area contributed by atoms with Gasteiger partial charge in [-0.3, -0.25) is 19.2 Å². The molecule has 0 aliphatic carbocycles. The van der Waals surface area contributed by atoms with Crippen molar-refractivity contribution in [1.82, 2.24) is 10.8 Å². The van der Waals surface area contributed by atoms with Gasteiger partial charge in [-0.05, 0) is 27.7 Å². The third kappa shape index (κ3) is 10.6. The summed E-state index contributed by atoms with van der Waals surface area (Å²) in [6.45, 7) is 7.86. The predicted octanol–water partition coefficient (Wildman–Crippen LogP) is 0.333. The number of hydrogen-bond acceptors (Lipinski definition) is 6. The van der Waals surface area contributed by atoms with Gasteiger partial charge in [-0.25, -0.2) is 0 Å². The molecule has 1 atom stereocenters. The minimum Gasteiger partial charge on any atom is -0.355 e. The predicted molar refractivity (Wildman–Crippen MR) is 72.7 cm³/mol. The highest BCUT2D eigenvalue weighted by Gasteiger charge is 2.20. The zero-order valence-corrected chi connectivity index (χ0v) is 12.5. The molecule has 0 aromatic rings. The second kappa shape index (κ2) is 9.57. The van der Waals surface area contributed by atoms with Crippen molar-refractivity contribution < 1.29 is 24.0 Å². The number of Topliss-reactive ketones (excluding diaryl/α,β-unsaturated/α-hetero) is 1. The van der Waals surface area contributed by atoms with Gasteiger partial charge in [0.25, 0.3) is 0 Å². The Kier molecular flexibility index (Phi) is 8.94. The van der Waals surface area contributed by atoms with Crippen LogP contribution < -0.4 is 10.8 Å². The number of hydroxylamine groups is 1. The van der Waals surface area contributed by atoms with E-state index in [-0.39, 0.29) is 31.6 Å². The van der Waals surface area contributed by atoms with Gasteiger partial charge in [-0.15, -0.1) is 0 Å². The molecule has 7 heteroatoms. The van der Waals surface area contributed by atoms with Gasteiger partial charge in [0.15, 0.2) is 18.4 Å². The molecule has 0 aromatic carbocycles. The van der Waals surface area contributed by atoms with Crippen molar-refractivity contribution in [3.05, 3.63) is 0 Å². The summed E-state index contributed by atoms with van der Waals surface area (Å²) in [6, 6.07) is 0. The van der Waals surface area contributed by atoms with Gasteiger partial charge in [0, 0.05) is 19.4 Å². The van der Waals surface area contributed by atoms with E-state index in [2.05, 4.69) is 10.8 Å². The maximum absolute atomic E-state index is 11.2. The number of ketones is 1. The van der Waals surface area contributed by atoms with Crippen LogP contribution in [0.4, 0.5) is 0 Å². The molecule has 0 spiro atoms. The number of hydrogen-bond donors (Lipinski definition) is 2. The maximum atomic E-state index is 11.2. The van der Waals surface area contributed by atoms with Gasteiger partial charge in [0.2, 0.25) is 5.91 Å². The van der Waals surface area contributed by atoms with Crippen molar-refractivity contribution in [2.24, 2.45) is 0 Å².